The van der Waals surface area contributed by atoms with Crippen LogP contribution in [-0.2, 0) is 17.5 Å². The molecule has 0 radical (unpaired) electrons. The summed E-state index contributed by atoms with van der Waals surface area (Å²) in [5.41, 5.74) is 4.92. The lowest BCUT2D eigenvalue weighted by molar-refractivity contribution is -0.137. The predicted octanol–water partition coefficient (Wildman–Crippen LogP) is 1.73. The number of rotatable bonds is 5. The number of amides is 2. The standard InChI is InChI=1S/C16H15F3N4O2/c17-16(18,19)11-1-2-13(20)12(7-11)15(25)23-9-14(24)22-8-10-3-5-21-6-4-10/h1-7H,8-9,20H2,(H,22,24)(H,23,25). The Kier molecular flexibility index (Phi) is 5.58. The highest BCUT2D eigenvalue weighted by Gasteiger charge is 2.31. The molecule has 0 aliphatic rings. The van der Waals surface area contributed by atoms with Crippen molar-refractivity contribution in [3.05, 3.63) is 59.4 Å². The Morgan fingerprint density at radius 2 is 1.76 bits per heavy atom. The molecule has 0 saturated carbocycles. The molecule has 6 nitrogen and oxygen atoms in total. The number of pyridine rings is 1. The van der Waals surface area contributed by atoms with E-state index in [2.05, 4.69) is 15.6 Å². The lowest BCUT2D eigenvalue weighted by Gasteiger charge is -2.11. The lowest BCUT2D eigenvalue weighted by Crippen LogP contribution is -2.37. The van der Waals surface area contributed by atoms with Crippen molar-refractivity contribution in [2.75, 3.05) is 12.3 Å². The van der Waals surface area contributed by atoms with E-state index in [4.69, 9.17) is 5.73 Å². The van der Waals surface area contributed by atoms with Crippen LogP contribution in [0.1, 0.15) is 21.5 Å². The van der Waals surface area contributed by atoms with Gasteiger partial charge in [-0.3, -0.25) is 14.6 Å². The van der Waals surface area contributed by atoms with Crippen LogP contribution in [0.3, 0.4) is 0 Å². The van der Waals surface area contributed by atoms with E-state index in [0.717, 1.165) is 17.7 Å². The van der Waals surface area contributed by atoms with Crippen molar-refractivity contribution in [3.8, 4) is 0 Å². The molecule has 0 atom stereocenters. The van der Waals surface area contributed by atoms with Gasteiger partial charge in [-0.2, -0.15) is 13.2 Å². The third-order valence-electron chi connectivity index (χ3n) is 3.27. The zero-order valence-corrected chi connectivity index (χ0v) is 12.9. The van der Waals surface area contributed by atoms with Crippen LogP contribution in [0.25, 0.3) is 0 Å². The van der Waals surface area contributed by atoms with Gasteiger partial charge >= 0.3 is 6.18 Å². The van der Waals surface area contributed by atoms with Crippen LogP contribution in [0, 0.1) is 0 Å². The van der Waals surface area contributed by atoms with Gasteiger partial charge in [-0.1, -0.05) is 0 Å². The first-order chi connectivity index (χ1) is 11.8. The number of nitrogens with two attached hydrogens (primary N) is 1. The summed E-state index contributed by atoms with van der Waals surface area (Å²) in [7, 11) is 0. The quantitative estimate of drug-likeness (QED) is 0.714. The maximum atomic E-state index is 12.7. The Bertz CT molecular complexity index is 764. The number of carbonyl (C=O) groups is 2. The molecule has 0 aliphatic carbocycles. The van der Waals surface area contributed by atoms with Gasteiger partial charge in [-0.15, -0.1) is 0 Å². The molecule has 1 aromatic heterocycles. The molecule has 4 N–H and O–H groups in total. The number of hydrogen-bond acceptors (Lipinski definition) is 4. The highest BCUT2D eigenvalue weighted by Crippen LogP contribution is 2.31. The highest BCUT2D eigenvalue weighted by molar-refractivity contribution is 6.00. The van der Waals surface area contributed by atoms with Crippen LogP contribution in [0.4, 0.5) is 18.9 Å². The Morgan fingerprint density at radius 3 is 2.40 bits per heavy atom. The van der Waals surface area contributed by atoms with Crippen molar-refractivity contribution < 1.29 is 22.8 Å². The van der Waals surface area contributed by atoms with Crippen LogP contribution in [-0.4, -0.2) is 23.3 Å². The van der Waals surface area contributed by atoms with Crippen LogP contribution in [0.2, 0.25) is 0 Å². The molecule has 0 bridgehead atoms. The number of hydrogen-bond donors (Lipinski definition) is 3. The van der Waals surface area contributed by atoms with Crippen LogP contribution in [0.5, 0.6) is 0 Å². The second-order valence-electron chi connectivity index (χ2n) is 5.11. The molecule has 1 aromatic carbocycles. The second kappa shape index (κ2) is 7.65. The summed E-state index contributed by atoms with van der Waals surface area (Å²) < 4.78 is 38.1. The average Bonchev–Trinajstić information content (AvgIpc) is 2.58. The maximum absolute atomic E-state index is 12.7. The van der Waals surface area contributed by atoms with Gasteiger partial charge in [0.05, 0.1) is 17.7 Å². The molecule has 2 amide bonds. The molecule has 0 fully saturated rings. The van der Waals surface area contributed by atoms with Crippen molar-refractivity contribution in [1.82, 2.24) is 15.6 Å². The molecule has 0 unspecified atom stereocenters. The third-order valence-corrected chi connectivity index (χ3v) is 3.27. The van der Waals surface area contributed by atoms with Gasteiger partial charge in [-0.05, 0) is 35.9 Å². The van der Waals surface area contributed by atoms with Gasteiger partial charge in [0, 0.05) is 24.6 Å². The van der Waals surface area contributed by atoms with E-state index >= 15 is 0 Å². The van der Waals surface area contributed by atoms with Gasteiger partial charge in [0.2, 0.25) is 5.91 Å². The van der Waals surface area contributed by atoms with E-state index in [1.807, 2.05) is 0 Å². The van der Waals surface area contributed by atoms with Crippen molar-refractivity contribution >= 4 is 17.5 Å². The van der Waals surface area contributed by atoms with E-state index in [-0.39, 0.29) is 24.3 Å². The number of carbonyl (C=O) groups excluding carboxylic acids is 2. The van der Waals surface area contributed by atoms with Crippen molar-refractivity contribution in [1.29, 1.82) is 0 Å². The maximum Gasteiger partial charge on any atom is 0.416 e. The molecule has 1 heterocycles. The van der Waals surface area contributed by atoms with Gasteiger partial charge < -0.3 is 16.4 Å². The Hall–Kier alpha value is -3.10. The summed E-state index contributed by atoms with van der Waals surface area (Å²) >= 11 is 0. The summed E-state index contributed by atoms with van der Waals surface area (Å²) in [6, 6.07) is 5.86. The van der Waals surface area contributed by atoms with Crippen LogP contribution >= 0.6 is 0 Å². The number of nitrogens with one attached hydrogen (secondary N) is 2. The fraction of sp³-hybridized carbons (Fsp3) is 0.188. The Balaban J connectivity index is 1.92. The first-order valence-electron chi connectivity index (χ1n) is 7.18. The van der Waals surface area contributed by atoms with E-state index in [1.54, 1.807) is 24.5 Å². The summed E-state index contributed by atoms with van der Waals surface area (Å²) in [6.45, 7) is -0.150. The molecule has 2 rings (SSSR count). The molecular formula is C16H15F3N4O2. The predicted molar refractivity (Wildman–Crippen MR) is 84.3 cm³/mol. The minimum atomic E-state index is -4.59. The first kappa shape index (κ1) is 18.2. The minimum absolute atomic E-state index is 0.109. The summed E-state index contributed by atoms with van der Waals surface area (Å²) in [5, 5.41) is 4.81. The summed E-state index contributed by atoms with van der Waals surface area (Å²) in [6.07, 6.45) is -1.45. The molecule has 2 aromatic rings. The van der Waals surface area contributed by atoms with Crippen molar-refractivity contribution in [2.45, 2.75) is 12.7 Å². The number of nitrogen functional groups attached to an aromatic ring is 1. The van der Waals surface area contributed by atoms with Crippen LogP contribution in [0.15, 0.2) is 42.7 Å². The number of alkyl halides is 3. The molecule has 0 spiro atoms. The van der Waals surface area contributed by atoms with Crippen molar-refractivity contribution in [3.63, 3.8) is 0 Å². The SMILES string of the molecule is Nc1ccc(C(F)(F)F)cc1C(=O)NCC(=O)NCc1ccncc1. The molecule has 132 valence electrons. The average molecular weight is 352 g/mol. The number of nitrogens with zero attached hydrogens (tertiary/aromatic N) is 1. The third kappa shape index (κ3) is 5.20. The highest BCUT2D eigenvalue weighted by atomic mass is 19.4. The van der Waals surface area contributed by atoms with Crippen molar-refractivity contribution in [2.24, 2.45) is 0 Å². The van der Waals surface area contributed by atoms with E-state index in [9.17, 15) is 22.8 Å². The van der Waals surface area contributed by atoms with E-state index < -0.39 is 23.6 Å². The first-order valence-corrected chi connectivity index (χ1v) is 7.18. The number of anilines is 1. The fourth-order valence-electron chi connectivity index (χ4n) is 1.95. The normalized spacial score (nSPS) is 11.0. The number of benzene rings is 1. The van der Waals surface area contributed by atoms with Gasteiger partial charge in [0.15, 0.2) is 0 Å². The minimum Gasteiger partial charge on any atom is -0.398 e. The zero-order valence-electron chi connectivity index (χ0n) is 12.9. The molecule has 25 heavy (non-hydrogen) atoms. The molecule has 0 aliphatic heterocycles. The number of aromatic nitrogens is 1. The van der Waals surface area contributed by atoms with Gasteiger partial charge in [0.1, 0.15) is 0 Å². The van der Waals surface area contributed by atoms with Crippen LogP contribution < -0.4 is 16.4 Å². The summed E-state index contributed by atoms with van der Waals surface area (Å²) in [4.78, 5) is 27.5. The van der Waals surface area contributed by atoms with E-state index in [0.29, 0.717) is 6.07 Å². The molecule has 9 heteroatoms. The van der Waals surface area contributed by atoms with Gasteiger partial charge in [-0.25, -0.2) is 0 Å². The number of halogens is 3. The topological polar surface area (TPSA) is 97.1 Å². The lowest BCUT2D eigenvalue weighted by atomic mass is 10.1. The summed E-state index contributed by atoms with van der Waals surface area (Å²) in [5.74, 6) is -1.35. The molecule has 0 saturated heterocycles. The largest absolute Gasteiger partial charge is 0.416 e. The Labute approximate surface area is 141 Å². The Morgan fingerprint density at radius 1 is 1.08 bits per heavy atom. The zero-order chi connectivity index (χ0) is 18.4. The second-order valence-corrected chi connectivity index (χ2v) is 5.11. The van der Waals surface area contributed by atoms with Gasteiger partial charge in [0.25, 0.3) is 5.91 Å². The van der Waals surface area contributed by atoms with E-state index in [1.165, 1.54) is 0 Å². The molecular weight excluding hydrogens is 337 g/mol. The fourth-order valence-corrected chi connectivity index (χ4v) is 1.95. The smallest absolute Gasteiger partial charge is 0.398 e. The monoisotopic (exact) mass is 352 g/mol.